The molecule has 0 saturated heterocycles. The molecule has 0 atom stereocenters. The van der Waals surface area contributed by atoms with E-state index in [9.17, 15) is 0 Å². The van der Waals surface area contributed by atoms with Crippen molar-refractivity contribution in [3.8, 4) is 12.3 Å². The van der Waals surface area contributed by atoms with Crippen LogP contribution in [0.25, 0.3) is 0 Å². The van der Waals surface area contributed by atoms with Crippen LogP contribution in [-0.2, 0) is 4.74 Å². The fourth-order valence-corrected chi connectivity index (χ4v) is 1.45. The second-order valence-electron chi connectivity index (χ2n) is 2.84. The Kier molecular flexibility index (Phi) is 3.40. The topological polar surface area (TPSA) is 9.23 Å². The molecule has 68 valence electrons. The molecule has 0 N–H and O–H groups in total. The van der Waals surface area contributed by atoms with E-state index in [1.54, 1.807) is 7.11 Å². The minimum absolute atomic E-state index is 0.895. The summed E-state index contributed by atoms with van der Waals surface area (Å²) in [5.74, 6) is 3.60. The van der Waals surface area contributed by atoms with Gasteiger partial charge in [-0.1, -0.05) is 24.1 Å². The standard InChI is InChI=1S/C12H14O/c1-4-7-10-8-6-9-12(13-3)11(10)5-2/h2,4,7-8H,6,9H2,1,3H3/b7-4-. The van der Waals surface area contributed by atoms with E-state index in [0.717, 1.165) is 29.7 Å². The third-order valence-electron chi connectivity index (χ3n) is 2.04. The Balaban J connectivity index is 3.04. The largest absolute Gasteiger partial charge is 0.500 e. The average Bonchev–Trinajstić information content (AvgIpc) is 2.18. The maximum Gasteiger partial charge on any atom is 0.112 e. The Labute approximate surface area is 79.8 Å². The molecule has 0 aliphatic heterocycles. The van der Waals surface area contributed by atoms with Crippen LogP contribution >= 0.6 is 0 Å². The highest BCUT2D eigenvalue weighted by Gasteiger charge is 2.12. The third kappa shape index (κ3) is 2.03. The highest BCUT2D eigenvalue weighted by molar-refractivity contribution is 5.53. The van der Waals surface area contributed by atoms with Crippen molar-refractivity contribution in [3.05, 3.63) is 35.1 Å². The van der Waals surface area contributed by atoms with Crippen molar-refractivity contribution < 1.29 is 4.74 Å². The lowest BCUT2D eigenvalue weighted by Crippen LogP contribution is -2.00. The van der Waals surface area contributed by atoms with E-state index >= 15 is 0 Å². The maximum absolute atomic E-state index is 5.43. The molecule has 0 aromatic rings. The van der Waals surface area contributed by atoms with Crippen LogP contribution in [0.4, 0.5) is 0 Å². The predicted molar refractivity (Wildman–Crippen MR) is 55.0 cm³/mol. The van der Waals surface area contributed by atoms with E-state index < -0.39 is 0 Å². The first kappa shape index (κ1) is 9.67. The van der Waals surface area contributed by atoms with Crippen molar-refractivity contribution in [1.82, 2.24) is 0 Å². The summed E-state index contributed by atoms with van der Waals surface area (Å²) in [5, 5.41) is 0. The Bertz CT molecular complexity index is 311. The Morgan fingerprint density at radius 2 is 2.38 bits per heavy atom. The fraction of sp³-hybridized carbons (Fsp3) is 0.333. The van der Waals surface area contributed by atoms with E-state index in [2.05, 4.69) is 12.0 Å². The van der Waals surface area contributed by atoms with Crippen molar-refractivity contribution in [1.29, 1.82) is 0 Å². The lowest BCUT2D eigenvalue weighted by molar-refractivity contribution is 0.274. The van der Waals surface area contributed by atoms with Gasteiger partial charge >= 0.3 is 0 Å². The first-order valence-electron chi connectivity index (χ1n) is 4.40. The van der Waals surface area contributed by atoms with Crippen LogP contribution in [0, 0.1) is 12.3 Å². The highest BCUT2D eigenvalue weighted by Crippen LogP contribution is 2.25. The summed E-state index contributed by atoms with van der Waals surface area (Å²) in [4.78, 5) is 0. The normalized spacial score (nSPS) is 17.2. The van der Waals surface area contributed by atoms with Crippen LogP contribution < -0.4 is 0 Å². The summed E-state index contributed by atoms with van der Waals surface area (Å²) in [6.45, 7) is 1.98. The first-order valence-corrected chi connectivity index (χ1v) is 4.40. The van der Waals surface area contributed by atoms with Gasteiger partial charge in [0.2, 0.25) is 0 Å². The van der Waals surface area contributed by atoms with E-state index in [-0.39, 0.29) is 0 Å². The van der Waals surface area contributed by atoms with E-state index in [1.807, 2.05) is 19.1 Å². The summed E-state index contributed by atoms with van der Waals surface area (Å²) in [6.07, 6.45) is 13.5. The molecular formula is C12H14O. The zero-order chi connectivity index (χ0) is 9.68. The average molecular weight is 174 g/mol. The quantitative estimate of drug-likeness (QED) is 0.585. The van der Waals surface area contributed by atoms with Gasteiger partial charge in [-0.3, -0.25) is 0 Å². The lowest BCUT2D eigenvalue weighted by atomic mass is 9.96. The third-order valence-corrected chi connectivity index (χ3v) is 2.04. The number of allylic oxidation sites excluding steroid dienone is 6. The van der Waals surface area contributed by atoms with Crippen molar-refractivity contribution in [2.45, 2.75) is 19.8 Å². The molecule has 0 radical (unpaired) electrons. The van der Waals surface area contributed by atoms with Crippen molar-refractivity contribution in [3.63, 3.8) is 0 Å². The predicted octanol–water partition coefficient (Wildman–Crippen LogP) is 2.82. The number of hydrogen-bond donors (Lipinski definition) is 0. The second kappa shape index (κ2) is 4.57. The van der Waals surface area contributed by atoms with Gasteiger partial charge in [-0.25, -0.2) is 0 Å². The number of terminal acetylenes is 1. The molecular weight excluding hydrogens is 160 g/mol. The number of ether oxygens (including phenoxy) is 1. The fourth-order valence-electron chi connectivity index (χ4n) is 1.45. The molecule has 0 fully saturated rings. The second-order valence-corrected chi connectivity index (χ2v) is 2.84. The van der Waals surface area contributed by atoms with Gasteiger partial charge in [0.05, 0.1) is 12.7 Å². The summed E-state index contributed by atoms with van der Waals surface area (Å²) in [6, 6.07) is 0. The smallest absolute Gasteiger partial charge is 0.112 e. The van der Waals surface area contributed by atoms with Crippen molar-refractivity contribution in [2.75, 3.05) is 7.11 Å². The number of methoxy groups -OCH3 is 1. The monoisotopic (exact) mass is 174 g/mol. The molecule has 1 heteroatoms. The Morgan fingerprint density at radius 3 is 2.92 bits per heavy atom. The zero-order valence-electron chi connectivity index (χ0n) is 8.13. The molecule has 0 heterocycles. The number of rotatable bonds is 2. The molecule has 1 aliphatic rings. The minimum Gasteiger partial charge on any atom is -0.500 e. The van der Waals surface area contributed by atoms with Gasteiger partial charge in [-0.2, -0.15) is 0 Å². The van der Waals surface area contributed by atoms with Gasteiger partial charge in [0, 0.05) is 6.42 Å². The van der Waals surface area contributed by atoms with Gasteiger partial charge in [-0.15, -0.1) is 6.42 Å². The summed E-state index contributed by atoms with van der Waals surface area (Å²) < 4.78 is 5.23. The zero-order valence-corrected chi connectivity index (χ0v) is 8.13. The van der Waals surface area contributed by atoms with Crippen LogP contribution in [0.15, 0.2) is 35.1 Å². The minimum atomic E-state index is 0.895. The first-order chi connectivity index (χ1) is 6.33. The van der Waals surface area contributed by atoms with E-state index in [4.69, 9.17) is 11.2 Å². The molecule has 0 unspecified atom stereocenters. The molecule has 0 amide bonds. The molecule has 0 aromatic carbocycles. The summed E-state index contributed by atoms with van der Waals surface area (Å²) in [7, 11) is 1.67. The molecule has 0 saturated carbocycles. The van der Waals surface area contributed by atoms with Gasteiger partial charge in [-0.05, 0) is 18.9 Å². The molecule has 0 spiro atoms. The summed E-state index contributed by atoms with van der Waals surface area (Å²) >= 11 is 0. The van der Waals surface area contributed by atoms with Crippen LogP contribution in [0.2, 0.25) is 0 Å². The molecule has 13 heavy (non-hydrogen) atoms. The van der Waals surface area contributed by atoms with E-state index in [0.29, 0.717) is 0 Å². The molecule has 1 nitrogen and oxygen atoms in total. The highest BCUT2D eigenvalue weighted by atomic mass is 16.5. The van der Waals surface area contributed by atoms with Crippen molar-refractivity contribution in [2.24, 2.45) is 0 Å². The SMILES string of the molecule is C#CC1=C(OC)CCC=C1/C=C\C. The molecule has 1 aliphatic carbocycles. The van der Waals surface area contributed by atoms with Crippen LogP contribution in [-0.4, -0.2) is 7.11 Å². The Hall–Kier alpha value is -1.42. The number of hydrogen-bond acceptors (Lipinski definition) is 1. The maximum atomic E-state index is 5.43. The molecule has 0 bridgehead atoms. The van der Waals surface area contributed by atoms with Crippen LogP contribution in [0.1, 0.15) is 19.8 Å². The van der Waals surface area contributed by atoms with Gasteiger partial charge in [0.15, 0.2) is 0 Å². The molecule has 0 aromatic heterocycles. The van der Waals surface area contributed by atoms with Gasteiger partial charge < -0.3 is 4.74 Å². The van der Waals surface area contributed by atoms with E-state index in [1.165, 1.54) is 0 Å². The summed E-state index contributed by atoms with van der Waals surface area (Å²) in [5.41, 5.74) is 2.00. The van der Waals surface area contributed by atoms with Gasteiger partial charge in [0.1, 0.15) is 5.76 Å². The van der Waals surface area contributed by atoms with Gasteiger partial charge in [0.25, 0.3) is 0 Å². The van der Waals surface area contributed by atoms with Crippen LogP contribution in [0.5, 0.6) is 0 Å². The van der Waals surface area contributed by atoms with Crippen LogP contribution in [0.3, 0.4) is 0 Å². The molecule has 1 rings (SSSR count). The lowest BCUT2D eigenvalue weighted by Gasteiger charge is -2.14. The van der Waals surface area contributed by atoms with Crippen molar-refractivity contribution >= 4 is 0 Å². The Morgan fingerprint density at radius 1 is 1.62 bits per heavy atom.